The van der Waals surface area contributed by atoms with Gasteiger partial charge in [-0.1, -0.05) is 0 Å². The van der Waals surface area contributed by atoms with Crippen LogP contribution in [0.15, 0.2) is 0 Å². The monoisotopic (exact) mass is 173 g/mol. The van der Waals surface area contributed by atoms with E-state index in [1.165, 1.54) is 14.0 Å². The Hall–Kier alpha value is -1.10. The highest BCUT2D eigenvalue weighted by molar-refractivity contribution is 6.02. The molecule has 0 aliphatic carbocycles. The fourth-order valence-electron chi connectivity index (χ4n) is 0.974. The lowest BCUT2D eigenvalue weighted by Gasteiger charge is -2.24. The highest BCUT2D eigenvalue weighted by Gasteiger charge is 2.49. The molecule has 5 heteroatoms. The van der Waals surface area contributed by atoms with Gasteiger partial charge in [-0.15, -0.1) is 0 Å². The van der Waals surface area contributed by atoms with Crippen molar-refractivity contribution in [2.75, 3.05) is 7.11 Å². The molecule has 0 radical (unpaired) electrons. The van der Waals surface area contributed by atoms with Crippen molar-refractivity contribution in [2.24, 2.45) is 0 Å². The molecule has 2 amide bonds. The van der Waals surface area contributed by atoms with Crippen LogP contribution in [0.3, 0.4) is 0 Å². The van der Waals surface area contributed by atoms with E-state index < -0.39 is 23.7 Å². The van der Waals surface area contributed by atoms with Crippen LogP contribution in [0.5, 0.6) is 0 Å². The maximum Gasteiger partial charge on any atom is 0.415 e. The van der Waals surface area contributed by atoms with E-state index in [2.05, 4.69) is 0 Å². The lowest BCUT2D eigenvalue weighted by molar-refractivity contribution is -0.140. The van der Waals surface area contributed by atoms with Crippen molar-refractivity contribution in [2.45, 2.75) is 25.6 Å². The van der Waals surface area contributed by atoms with Gasteiger partial charge in [-0.2, -0.15) is 0 Å². The standard InChI is InChI=1S/C7H11NO4/c1-4(11-3)7(2)5(9)8-6(10)12-7/h4H,1-3H3,(H,8,9,10). The molecule has 1 aliphatic rings. The van der Waals surface area contributed by atoms with Crippen molar-refractivity contribution in [3.63, 3.8) is 0 Å². The molecule has 1 rings (SSSR count). The van der Waals surface area contributed by atoms with Gasteiger partial charge in [0.05, 0.1) is 0 Å². The third-order valence-electron chi connectivity index (χ3n) is 2.10. The molecule has 68 valence electrons. The molecular weight excluding hydrogens is 162 g/mol. The van der Waals surface area contributed by atoms with Crippen molar-refractivity contribution in [3.05, 3.63) is 0 Å². The molecular formula is C7H11NO4. The third-order valence-corrected chi connectivity index (χ3v) is 2.10. The second kappa shape index (κ2) is 2.75. The minimum Gasteiger partial charge on any atom is -0.430 e. The first-order valence-electron chi connectivity index (χ1n) is 3.58. The maximum absolute atomic E-state index is 11.2. The molecule has 1 heterocycles. The lowest BCUT2D eigenvalue weighted by atomic mass is 10.0. The van der Waals surface area contributed by atoms with Crippen LogP contribution in [0.25, 0.3) is 0 Å². The minimum atomic E-state index is -1.19. The van der Waals surface area contributed by atoms with Gasteiger partial charge in [0.15, 0.2) is 0 Å². The molecule has 0 aromatic carbocycles. The first kappa shape index (κ1) is 8.99. The van der Waals surface area contributed by atoms with E-state index in [0.29, 0.717) is 0 Å². The molecule has 1 N–H and O–H groups in total. The number of carbonyl (C=O) groups excluding carboxylic acids is 2. The summed E-state index contributed by atoms with van der Waals surface area (Å²) < 4.78 is 9.71. The van der Waals surface area contributed by atoms with E-state index in [1.54, 1.807) is 6.92 Å². The molecule has 0 bridgehead atoms. The Labute approximate surface area is 70.0 Å². The maximum atomic E-state index is 11.2. The Bertz CT molecular complexity index is 227. The molecule has 2 unspecified atom stereocenters. The predicted molar refractivity (Wildman–Crippen MR) is 39.5 cm³/mol. The van der Waals surface area contributed by atoms with Crippen LogP contribution < -0.4 is 5.32 Å². The van der Waals surface area contributed by atoms with E-state index >= 15 is 0 Å². The van der Waals surface area contributed by atoms with E-state index in [9.17, 15) is 9.59 Å². The summed E-state index contributed by atoms with van der Waals surface area (Å²) in [6, 6.07) is 0. The van der Waals surface area contributed by atoms with E-state index in [1.807, 2.05) is 5.32 Å². The van der Waals surface area contributed by atoms with Crippen LogP contribution in [0.1, 0.15) is 13.8 Å². The first-order chi connectivity index (χ1) is 5.50. The molecule has 12 heavy (non-hydrogen) atoms. The SMILES string of the molecule is COC(C)C1(C)OC(=O)NC1=O. The number of carbonyl (C=O) groups is 2. The van der Waals surface area contributed by atoms with Gasteiger partial charge in [-0.3, -0.25) is 10.1 Å². The summed E-state index contributed by atoms with van der Waals surface area (Å²) in [5.74, 6) is -0.457. The van der Waals surface area contributed by atoms with Crippen molar-refractivity contribution in [1.82, 2.24) is 5.32 Å². The van der Waals surface area contributed by atoms with Gasteiger partial charge in [0.25, 0.3) is 5.91 Å². The zero-order valence-corrected chi connectivity index (χ0v) is 7.21. The molecule has 0 aromatic rings. The van der Waals surface area contributed by atoms with Crippen LogP contribution >= 0.6 is 0 Å². The van der Waals surface area contributed by atoms with Crippen molar-refractivity contribution in [1.29, 1.82) is 0 Å². The average molecular weight is 173 g/mol. The van der Waals surface area contributed by atoms with Crippen LogP contribution in [0, 0.1) is 0 Å². The second-order valence-electron chi connectivity index (χ2n) is 2.83. The number of alkyl carbamates (subject to hydrolysis) is 1. The topological polar surface area (TPSA) is 64.6 Å². The number of cyclic esters (lactones) is 1. The van der Waals surface area contributed by atoms with Crippen LogP contribution in [0.2, 0.25) is 0 Å². The van der Waals surface area contributed by atoms with Crippen LogP contribution in [-0.4, -0.2) is 30.8 Å². The number of rotatable bonds is 2. The highest BCUT2D eigenvalue weighted by Crippen LogP contribution is 2.22. The largest absolute Gasteiger partial charge is 0.430 e. The molecule has 1 fully saturated rings. The van der Waals surface area contributed by atoms with Crippen molar-refractivity contribution >= 4 is 12.0 Å². The number of nitrogens with one attached hydrogen (secondary N) is 1. The Morgan fingerprint density at radius 3 is 2.50 bits per heavy atom. The van der Waals surface area contributed by atoms with E-state index in [0.717, 1.165) is 0 Å². The van der Waals surface area contributed by atoms with Gasteiger partial charge in [0.1, 0.15) is 6.10 Å². The summed E-state index contributed by atoms with van der Waals surface area (Å²) in [5.41, 5.74) is -1.19. The van der Waals surface area contributed by atoms with Crippen molar-refractivity contribution in [3.8, 4) is 0 Å². The summed E-state index contributed by atoms with van der Waals surface area (Å²) in [6.07, 6.45) is -1.17. The number of ether oxygens (including phenoxy) is 2. The number of hydrogen-bond donors (Lipinski definition) is 1. The molecule has 5 nitrogen and oxygen atoms in total. The van der Waals surface area contributed by atoms with Crippen LogP contribution in [-0.2, 0) is 14.3 Å². The fourth-order valence-corrected chi connectivity index (χ4v) is 0.974. The van der Waals surface area contributed by atoms with Crippen LogP contribution in [0.4, 0.5) is 4.79 Å². The number of amides is 2. The fraction of sp³-hybridized carbons (Fsp3) is 0.714. The molecule has 0 aromatic heterocycles. The minimum absolute atomic E-state index is 0.455. The molecule has 0 spiro atoms. The Balaban J connectivity index is 2.84. The molecule has 1 aliphatic heterocycles. The smallest absolute Gasteiger partial charge is 0.415 e. The predicted octanol–water partition coefficient (Wildman–Crippen LogP) is 0.0464. The van der Waals surface area contributed by atoms with Gasteiger partial charge in [-0.05, 0) is 13.8 Å². The van der Waals surface area contributed by atoms with Gasteiger partial charge in [-0.25, -0.2) is 4.79 Å². The number of methoxy groups -OCH3 is 1. The Kier molecular flexibility index (Phi) is 2.06. The third kappa shape index (κ3) is 1.16. The molecule has 1 saturated heterocycles. The first-order valence-corrected chi connectivity index (χ1v) is 3.58. The van der Waals surface area contributed by atoms with Crippen molar-refractivity contribution < 1.29 is 19.1 Å². The molecule has 0 saturated carbocycles. The summed E-state index contributed by atoms with van der Waals surface area (Å²) >= 11 is 0. The van der Waals surface area contributed by atoms with Gasteiger partial charge >= 0.3 is 6.09 Å². The van der Waals surface area contributed by atoms with E-state index in [-0.39, 0.29) is 0 Å². The molecule has 2 atom stereocenters. The van der Waals surface area contributed by atoms with Gasteiger partial charge in [0.2, 0.25) is 5.60 Å². The number of hydrogen-bond acceptors (Lipinski definition) is 4. The average Bonchev–Trinajstić information content (AvgIpc) is 2.26. The second-order valence-corrected chi connectivity index (χ2v) is 2.83. The summed E-state index contributed by atoms with van der Waals surface area (Å²) in [5, 5.41) is 2.04. The number of imide groups is 1. The zero-order chi connectivity index (χ0) is 9.35. The Morgan fingerprint density at radius 1 is 1.58 bits per heavy atom. The lowest BCUT2D eigenvalue weighted by Crippen LogP contribution is -2.46. The van der Waals surface area contributed by atoms with Gasteiger partial charge < -0.3 is 9.47 Å². The zero-order valence-electron chi connectivity index (χ0n) is 7.21. The summed E-state index contributed by atoms with van der Waals surface area (Å²) in [6.45, 7) is 3.18. The van der Waals surface area contributed by atoms with Gasteiger partial charge in [0, 0.05) is 7.11 Å². The Morgan fingerprint density at radius 2 is 2.17 bits per heavy atom. The van der Waals surface area contributed by atoms with E-state index in [4.69, 9.17) is 9.47 Å². The summed E-state index contributed by atoms with van der Waals surface area (Å²) in [4.78, 5) is 21.8. The summed E-state index contributed by atoms with van der Waals surface area (Å²) in [7, 11) is 1.45. The highest BCUT2D eigenvalue weighted by atomic mass is 16.6. The quantitative estimate of drug-likeness (QED) is 0.640. The normalized spacial score (nSPS) is 31.2.